The largest absolute Gasteiger partial charge is 0.404 e. The van der Waals surface area contributed by atoms with Crippen LogP contribution in [0.5, 0.6) is 0 Å². The predicted molar refractivity (Wildman–Crippen MR) is 82.2 cm³/mol. The van der Waals surface area contributed by atoms with E-state index in [1.807, 2.05) is 0 Å². The topological polar surface area (TPSA) is 46.3 Å². The lowest BCUT2D eigenvalue weighted by Crippen LogP contribution is -2.52. The third-order valence-electron chi connectivity index (χ3n) is 5.58. The number of rotatable bonds is 3. The molecule has 1 amide bonds. The minimum Gasteiger partial charge on any atom is -0.341 e. The highest BCUT2D eigenvalue weighted by molar-refractivity contribution is 5.85. The molecule has 2 N–H and O–H groups in total. The zero-order chi connectivity index (χ0) is 18.2. The van der Waals surface area contributed by atoms with Crippen molar-refractivity contribution in [3.8, 4) is 0 Å². The van der Waals surface area contributed by atoms with Crippen molar-refractivity contribution in [2.75, 3.05) is 19.6 Å². The normalized spacial score (nSPS) is 23.2. The molecular formula is C15H23ClF6N2O. The summed E-state index contributed by atoms with van der Waals surface area (Å²) in [7, 11) is 0. The first kappa shape index (κ1) is 22.3. The van der Waals surface area contributed by atoms with Crippen molar-refractivity contribution in [1.29, 1.82) is 0 Å². The van der Waals surface area contributed by atoms with Gasteiger partial charge < -0.3 is 10.6 Å². The van der Waals surface area contributed by atoms with E-state index in [1.165, 1.54) is 0 Å². The number of likely N-dealkylation sites (tertiary alicyclic amines) is 1. The van der Waals surface area contributed by atoms with Gasteiger partial charge in [0.15, 0.2) is 5.41 Å². The van der Waals surface area contributed by atoms with Crippen molar-refractivity contribution < 1.29 is 31.1 Å². The van der Waals surface area contributed by atoms with Crippen LogP contribution in [0.15, 0.2) is 0 Å². The van der Waals surface area contributed by atoms with Crippen LogP contribution in [-0.2, 0) is 4.79 Å². The molecule has 25 heavy (non-hydrogen) atoms. The Labute approximate surface area is 148 Å². The molecule has 1 saturated carbocycles. The zero-order valence-electron chi connectivity index (χ0n) is 13.7. The summed E-state index contributed by atoms with van der Waals surface area (Å²) in [6.45, 7) is -1.66. The van der Waals surface area contributed by atoms with Gasteiger partial charge in [0.1, 0.15) is 0 Å². The number of hydrogen-bond donors (Lipinski definition) is 1. The Morgan fingerprint density at radius 1 is 0.960 bits per heavy atom. The fraction of sp³-hybridized carbons (Fsp3) is 0.933. The van der Waals surface area contributed by atoms with Crippen LogP contribution in [0.1, 0.15) is 44.9 Å². The Balaban J connectivity index is 0.00000312. The van der Waals surface area contributed by atoms with Crippen molar-refractivity contribution in [1.82, 2.24) is 4.90 Å². The van der Waals surface area contributed by atoms with E-state index in [4.69, 9.17) is 5.73 Å². The highest BCUT2D eigenvalue weighted by atomic mass is 35.5. The minimum absolute atomic E-state index is 0. The Hall–Kier alpha value is -0.700. The molecule has 0 atom stereocenters. The Bertz CT molecular complexity index is 460. The van der Waals surface area contributed by atoms with Crippen LogP contribution in [0.3, 0.4) is 0 Å². The SMILES string of the molecule is Cl.NCC1(CC(=O)N2CCC(C(F)(F)F)(C(F)(F)F)C2)CCCCC1. The predicted octanol–water partition coefficient (Wildman–Crippen LogP) is 4.05. The van der Waals surface area contributed by atoms with Crippen molar-refractivity contribution in [2.45, 2.75) is 57.3 Å². The standard InChI is InChI=1S/C15H22F6N2O.ClH/c16-14(17,18)13(15(19,20)21)6-7-23(10-13)11(24)8-12(9-22)4-2-1-3-5-12;/h1-10,22H2;1H. The van der Waals surface area contributed by atoms with Crippen molar-refractivity contribution in [3.63, 3.8) is 0 Å². The lowest BCUT2D eigenvalue weighted by molar-refractivity contribution is -0.334. The van der Waals surface area contributed by atoms with Crippen molar-refractivity contribution in [3.05, 3.63) is 0 Å². The quantitative estimate of drug-likeness (QED) is 0.731. The summed E-state index contributed by atoms with van der Waals surface area (Å²) in [5.74, 6) is -0.655. The van der Waals surface area contributed by atoms with Gasteiger partial charge in [-0.1, -0.05) is 19.3 Å². The maximum absolute atomic E-state index is 13.1. The molecule has 0 aromatic heterocycles. The molecule has 0 radical (unpaired) electrons. The molecule has 0 aromatic rings. The average molecular weight is 397 g/mol. The molecule has 0 unspecified atom stereocenters. The summed E-state index contributed by atoms with van der Waals surface area (Å²) in [5, 5.41) is 0. The van der Waals surface area contributed by atoms with Crippen LogP contribution in [0, 0.1) is 10.8 Å². The molecule has 3 nitrogen and oxygen atoms in total. The fourth-order valence-electron chi connectivity index (χ4n) is 3.83. The number of hydrogen-bond acceptors (Lipinski definition) is 2. The Morgan fingerprint density at radius 3 is 1.88 bits per heavy atom. The lowest BCUT2D eigenvalue weighted by Gasteiger charge is -2.37. The maximum Gasteiger partial charge on any atom is 0.404 e. The molecule has 1 aliphatic heterocycles. The number of carbonyl (C=O) groups excluding carboxylic acids is 1. The molecule has 2 fully saturated rings. The summed E-state index contributed by atoms with van der Waals surface area (Å²) >= 11 is 0. The van der Waals surface area contributed by atoms with Crippen LogP contribution < -0.4 is 5.73 Å². The van der Waals surface area contributed by atoms with E-state index >= 15 is 0 Å². The molecule has 0 spiro atoms. The molecule has 10 heteroatoms. The third kappa shape index (κ3) is 4.18. The summed E-state index contributed by atoms with van der Waals surface area (Å²) in [6.07, 6.45) is -7.95. The Kier molecular flexibility index (Phi) is 6.70. The maximum atomic E-state index is 13.1. The summed E-state index contributed by atoms with van der Waals surface area (Å²) in [5.41, 5.74) is 1.44. The van der Waals surface area contributed by atoms with Gasteiger partial charge in [0.2, 0.25) is 5.91 Å². The van der Waals surface area contributed by atoms with Crippen LogP contribution in [0.25, 0.3) is 0 Å². The van der Waals surface area contributed by atoms with Gasteiger partial charge >= 0.3 is 12.4 Å². The van der Waals surface area contributed by atoms with Gasteiger partial charge in [0.05, 0.1) is 0 Å². The number of carbonyl (C=O) groups is 1. The van der Waals surface area contributed by atoms with Crippen LogP contribution >= 0.6 is 12.4 Å². The molecular weight excluding hydrogens is 374 g/mol. The number of nitrogens with two attached hydrogens (primary N) is 1. The fourth-order valence-corrected chi connectivity index (χ4v) is 3.83. The van der Waals surface area contributed by atoms with Crippen molar-refractivity contribution >= 4 is 18.3 Å². The first-order chi connectivity index (χ1) is 11.0. The second-order valence-corrected chi connectivity index (χ2v) is 7.08. The van der Waals surface area contributed by atoms with Crippen LogP contribution in [0.4, 0.5) is 26.3 Å². The molecule has 1 saturated heterocycles. The van der Waals surface area contributed by atoms with Gasteiger partial charge in [-0.25, -0.2) is 0 Å². The first-order valence-electron chi connectivity index (χ1n) is 8.08. The Morgan fingerprint density at radius 2 is 1.48 bits per heavy atom. The zero-order valence-corrected chi connectivity index (χ0v) is 14.5. The average Bonchev–Trinajstić information content (AvgIpc) is 2.94. The van der Waals surface area contributed by atoms with E-state index in [0.717, 1.165) is 19.3 Å². The highest BCUT2D eigenvalue weighted by Crippen LogP contribution is 2.55. The lowest BCUT2D eigenvalue weighted by atomic mass is 9.71. The van der Waals surface area contributed by atoms with Gasteiger partial charge in [-0.05, 0) is 31.2 Å². The van der Waals surface area contributed by atoms with E-state index in [0.29, 0.717) is 17.7 Å². The number of halogens is 7. The summed E-state index contributed by atoms with van der Waals surface area (Å²) in [4.78, 5) is 13.1. The van der Waals surface area contributed by atoms with E-state index in [9.17, 15) is 31.1 Å². The minimum atomic E-state index is -5.43. The van der Waals surface area contributed by atoms with Gasteiger partial charge in [-0.15, -0.1) is 12.4 Å². The monoisotopic (exact) mass is 396 g/mol. The molecule has 1 heterocycles. The van der Waals surface area contributed by atoms with Gasteiger partial charge in [-0.3, -0.25) is 4.79 Å². The summed E-state index contributed by atoms with van der Waals surface area (Å²) < 4.78 is 78.4. The molecule has 0 aromatic carbocycles. The van der Waals surface area contributed by atoms with E-state index in [2.05, 4.69) is 0 Å². The molecule has 1 aliphatic carbocycles. The second kappa shape index (κ2) is 7.50. The molecule has 148 valence electrons. The van der Waals surface area contributed by atoms with Gasteiger partial charge in [0.25, 0.3) is 0 Å². The molecule has 2 aliphatic rings. The summed E-state index contributed by atoms with van der Waals surface area (Å²) in [6, 6.07) is 0. The van der Waals surface area contributed by atoms with E-state index < -0.39 is 48.6 Å². The van der Waals surface area contributed by atoms with Crippen LogP contribution in [0.2, 0.25) is 0 Å². The van der Waals surface area contributed by atoms with Crippen molar-refractivity contribution in [2.24, 2.45) is 16.6 Å². The first-order valence-corrected chi connectivity index (χ1v) is 8.08. The second-order valence-electron chi connectivity index (χ2n) is 7.08. The van der Waals surface area contributed by atoms with E-state index in [-0.39, 0.29) is 25.4 Å². The number of nitrogens with zero attached hydrogens (tertiary/aromatic N) is 1. The number of amides is 1. The van der Waals surface area contributed by atoms with E-state index in [1.54, 1.807) is 0 Å². The molecule has 2 rings (SSSR count). The third-order valence-corrected chi connectivity index (χ3v) is 5.58. The highest BCUT2D eigenvalue weighted by Gasteiger charge is 2.72. The number of alkyl halides is 6. The smallest absolute Gasteiger partial charge is 0.341 e. The van der Waals surface area contributed by atoms with Gasteiger partial charge in [-0.2, -0.15) is 26.3 Å². The van der Waals surface area contributed by atoms with Gasteiger partial charge in [0, 0.05) is 19.5 Å². The molecule has 0 bridgehead atoms. The van der Waals surface area contributed by atoms with Crippen LogP contribution in [-0.4, -0.2) is 42.8 Å².